The molecule has 0 N–H and O–H groups in total. The molecule has 0 heteroatoms. The van der Waals surface area contributed by atoms with Crippen LogP contribution in [0.2, 0.25) is 0 Å². The number of fused-ring (bicyclic) bond motifs is 1. The second-order valence-electron chi connectivity index (χ2n) is 4.83. The fraction of sp³-hybridized carbons (Fsp3) is 0.111. The molecule has 0 spiro atoms. The summed E-state index contributed by atoms with van der Waals surface area (Å²) in [6, 6.07) is 21.7. The van der Waals surface area contributed by atoms with E-state index in [-0.39, 0.29) is 0 Å². The van der Waals surface area contributed by atoms with Crippen LogP contribution in [0.25, 0.3) is 22.3 Å². The first-order valence-electron chi connectivity index (χ1n) is 6.31. The first-order valence-corrected chi connectivity index (χ1v) is 6.31. The van der Waals surface area contributed by atoms with Gasteiger partial charge in [0.15, 0.2) is 0 Å². The van der Waals surface area contributed by atoms with Crippen LogP contribution in [0.5, 0.6) is 0 Å². The smallest absolute Gasteiger partial charge is 0.0152 e. The minimum Gasteiger partial charge on any atom is -0.0622 e. The Kier molecular flexibility index (Phi) is 2.64. The van der Waals surface area contributed by atoms with Crippen molar-refractivity contribution in [3.05, 3.63) is 71.8 Å². The van der Waals surface area contributed by atoms with Gasteiger partial charge in [0.1, 0.15) is 0 Å². The largest absolute Gasteiger partial charge is 0.0622 e. The number of hydrogen-bond acceptors (Lipinski definition) is 0. The molecule has 0 saturated heterocycles. The molecule has 0 fully saturated rings. The molecule has 0 atom stereocenters. The molecular formula is C18H16. The van der Waals surface area contributed by atoms with E-state index in [9.17, 15) is 0 Å². The van der Waals surface area contributed by atoms with E-state index in [1.807, 2.05) is 0 Å². The molecule has 2 aliphatic carbocycles. The van der Waals surface area contributed by atoms with Crippen molar-refractivity contribution < 1.29 is 0 Å². The van der Waals surface area contributed by atoms with E-state index < -0.39 is 0 Å². The topological polar surface area (TPSA) is 0 Å². The summed E-state index contributed by atoms with van der Waals surface area (Å²) in [5.41, 5.74) is 7.96. The Morgan fingerprint density at radius 1 is 0.556 bits per heavy atom. The van der Waals surface area contributed by atoms with Gasteiger partial charge in [0, 0.05) is 0 Å². The summed E-state index contributed by atoms with van der Waals surface area (Å²) in [6.07, 6.45) is 0. The minimum atomic E-state index is 1.28. The van der Waals surface area contributed by atoms with Crippen LogP contribution in [0.3, 0.4) is 0 Å². The molecule has 0 unspecified atom stereocenters. The van der Waals surface area contributed by atoms with Crippen molar-refractivity contribution >= 4 is 0 Å². The Hall–Kier alpha value is -2.08. The molecule has 0 aromatic heterocycles. The zero-order valence-corrected chi connectivity index (χ0v) is 10.8. The molecule has 0 radical (unpaired) electrons. The Labute approximate surface area is 108 Å². The molecule has 3 rings (SSSR count). The van der Waals surface area contributed by atoms with Gasteiger partial charge in [0.2, 0.25) is 0 Å². The van der Waals surface area contributed by atoms with Gasteiger partial charge in [0.25, 0.3) is 0 Å². The third kappa shape index (κ3) is 1.80. The lowest BCUT2D eigenvalue weighted by Gasteiger charge is -1.99. The fourth-order valence-electron chi connectivity index (χ4n) is 2.57. The van der Waals surface area contributed by atoms with Crippen molar-refractivity contribution in [3.8, 4) is 22.3 Å². The van der Waals surface area contributed by atoms with Crippen LogP contribution in [0.4, 0.5) is 0 Å². The normalized spacial score (nSPS) is 10.8. The Balaban J connectivity index is 2.29. The third-order valence-corrected chi connectivity index (χ3v) is 3.52. The first-order chi connectivity index (χ1) is 8.75. The molecule has 0 saturated carbocycles. The number of hydrogen-bond donors (Lipinski definition) is 0. The highest BCUT2D eigenvalue weighted by molar-refractivity contribution is 5.77. The second-order valence-corrected chi connectivity index (χ2v) is 4.83. The zero-order valence-electron chi connectivity index (χ0n) is 10.8. The summed E-state index contributed by atoms with van der Waals surface area (Å²) < 4.78 is 0. The molecule has 1 aromatic carbocycles. The number of benzene rings is 1. The van der Waals surface area contributed by atoms with Crippen molar-refractivity contribution in [2.24, 2.45) is 0 Å². The Morgan fingerprint density at radius 3 is 1.67 bits per heavy atom. The molecule has 2 aliphatic rings. The van der Waals surface area contributed by atoms with Gasteiger partial charge in [-0.2, -0.15) is 0 Å². The highest BCUT2D eigenvalue weighted by Crippen LogP contribution is 2.32. The Bertz CT molecular complexity index is 614. The van der Waals surface area contributed by atoms with Crippen molar-refractivity contribution in [1.82, 2.24) is 0 Å². The average molecular weight is 232 g/mol. The maximum absolute atomic E-state index is 2.28. The molecule has 0 heterocycles. The summed E-state index contributed by atoms with van der Waals surface area (Å²) in [5, 5.41) is 0. The van der Waals surface area contributed by atoms with E-state index in [0.29, 0.717) is 0 Å². The third-order valence-electron chi connectivity index (χ3n) is 3.52. The van der Waals surface area contributed by atoms with E-state index in [1.165, 1.54) is 33.4 Å². The number of rotatable bonds is 1. The van der Waals surface area contributed by atoms with Crippen LogP contribution >= 0.6 is 0 Å². The summed E-state index contributed by atoms with van der Waals surface area (Å²) in [7, 11) is 0. The minimum absolute atomic E-state index is 1.28. The van der Waals surface area contributed by atoms with Crippen LogP contribution in [-0.2, 0) is 0 Å². The van der Waals surface area contributed by atoms with Gasteiger partial charge in [-0.15, -0.1) is 0 Å². The predicted octanol–water partition coefficient (Wildman–Crippen LogP) is 5.08. The van der Waals surface area contributed by atoms with Crippen molar-refractivity contribution in [2.45, 2.75) is 13.8 Å². The van der Waals surface area contributed by atoms with E-state index in [2.05, 4.69) is 74.5 Å². The zero-order chi connectivity index (χ0) is 12.5. The molecule has 88 valence electrons. The molecule has 0 bridgehead atoms. The van der Waals surface area contributed by atoms with E-state index in [0.717, 1.165) is 0 Å². The van der Waals surface area contributed by atoms with Crippen LogP contribution in [0, 0.1) is 13.8 Å². The van der Waals surface area contributed by atoms with E-state index in [4.69, 9.17) is 0 Å². The molecule has 0 amide bonds. The quantitative estimate of drug-likeness (QED) is 0.549. The maximum atomic E-state index is 2.28. The van der Waals surface area contributed by atoms with Crippen LogP contribution < -0.4 is 0 Å². The molecule has 18 heavy (non-hydrogen) atoms. The van der Waals surface area contributed by atoms with E-state index >= 15 is 0 Å². The number of aryl methyl sites for hydroxylation is 2. The van der Waals surface area contributed by atoms with Crippen molar-refractivity contribution in [3.63, 3.8) is 0 Å². The van der Waals surface area contributed by atoms with Gasteiger partial charge < -0.3 is 0 Å². The summed E-state index contributed by atoms with van der Waals surface area (Å²) in [4.78, 5) is 0. The van der Waals surface area contributed by atoms with E-state index in [1.54, 1.807) is 0 Å². The standard InChI is InChI=1S/C18H16/c1-13-11-16(15-7-4-3-5-8-15)12-14(2)18-10-6-9-17(13)18/h3-12H,1-2H3. The monoisotopic (exact) mass is 232 g/mol. The lowest BCUT2D eigenvalue weighted by molar-refractivity contribution is 1.49. The summed E-state index contributed by atoms with van der Waals surface area (Å²) in [6.45, 7) is 4.38. The fourth-order valence-corrected chi connectivity index (χ4v) is 2.57. The van der Waals surface area contributed by atoms with Gasteiger partial charge in [-0.05, 0) is 47.2 Å². The molecular weight excluding hydrogens is 216 g/mol. The van der Waals surface area contributed by atoms with Gasteiger partial charge in [-0.25, -0.2) is 0 Å². The summed E-state index contributed by atoms with van der Waals surface area (Å²) >= 11 is 0. The van der Waals surface area contributed by atoms with Gasteiger partial charge >= 0.3 is 0 Å². The van der Waals surface area contributed by atoms with Crippen molar-refractivity contribution in [1.29, 1.82) is 0 Å². The second kappa shape index (κ2) is 4.30. The summed E-state index contributed by atoms with van der Waals surface area (Å²) in [5.74, 6) is 0. The van der Waals surface area contributed by atoms with Crippen LogP contribution in [0.1, 0.15) is 11.1 Å². The Morgan fingerprint density at radius 2 is 1.11 bits per heavy atom. The highest BCUT2D eigenvalue weighted by Gasteiger charge is 2.08. The van der Waals surface area contributed by atoms with Crippen LogP contribution in [-0.4, -0.2) is 0 Å². The average Bonchev–Trinajstić information content (AvgIpc) is 2.84. The molecule has 1 aromatic rings. The predicted molar refractivity (Wildman–Crippen MR) is 78.0 cm³/mol. The molecule has 0 aliphatic heterocycles. The first kappa shape index (κ1) is 11.0. The highest BCUT2D eigenvalue weighted by atomic mass is 14.1. The SMILES string of the molecule is Cc1cc(-c2ccccc2)cc(C)c2cccc1-2. The van der Waals surface area contributed by atoms with Gasteiger partial charge in [0.05, 0.1) is 0 Å². The van der Waals surface area contributed by atoms with Crippen molar-refractivity contribution in [2.75, 3.05) is 0 Å². The molecule has 0 nitrogen and oxygen atoms in total. The lowest BCUT2D eigenvalue weighted by atomic mass is 10.1. The van der Waals surface area contributed by atoms with Gasteiger partial charge in [-0.1, -0.05) is 60.7 Å². The maximum Gasteiger partial charge on any atom is -0.0152 e. The van der Waals surface area contributed by atoms with Crippen LogP contribution in [0.15, 0.2) is 60.7 Å². The van der Waals surface area contributed by atoms with Gasteiger partial charge in [-0.3, -0.25) is 0 Å². The lowest BCUT2D eigenvalue weighted by Crippen LogP contribution is -1.75.